The number of nitrogens with one attached hydrogen (secondary N) is 1. The van der Waals surface area contributed by atoms with Crippen LogP contribution in [0.5, 0.6) is 5.75 Å². The Morgan fingerprint density at radius 2 is 1.82 bits per heavy atom. The van der Waals surface area contributed by atoms with Crippen molar-refractivity contribution in [2.45, 2.75) is 13.2 Å². The summed E-state index contributed by atoms with van der Waals surface area (Å²) in [6, 6.07) is 12.9. The fraction of sp³-hybridized carbons (Fsp3) is 0.143. The molecule has 40 heavy (non-hydrogen) atoms. The molecule has 0 aliphatic carbocycles. The lowest BCUT2D eigenvalue weighted by Crippen LogP contribution is -2.38. The molecule has 0 unspecified atom stereocenters. The third kappa shape index (κ3) is 5.10. The van der Waals surface area contributed by atoms with Crippen molar-refractivity contribution in [1.29, 1.82) is 0 Å². The van der Waals surface area contributed by atoms with Gasteiger partial charge < -0.3 is 20.7 Å². The van der Waals surface area contributed by atoms with Gasteiger partial charge in [-0.2, -0.15) is 5.10 Å². The van der Waals surface area contributed by atoms with Crippen molar-refractivity contribution in [2.75, 3.05) is 11.9 Å². The van der Waals surface area contributed by atoms with Crippen LogP contribution >= 0.6 is 0 Å². The SMILES string of the molecule is Cn1nc(C(=O)N(CC(=O)Nc2cc(C(N)=O)ccc2F)Cc2ccccc2F)c2c1-c1cc(F)ccc1OC2. The molecule has 0 fully saturated rings. The molecular weight excluding hydrogens is 527 g/mol. The van der Waals surface area contributed by atoms with Crippen LogP contribution in [0.3, 0.4) is 0 Å². The first kappa shape index (κ1) is 26.5. The van der Waals surface area contributed by atoms with Crippen LogP contribution in [0.25, 0.3) is 11.3 Å². The lowest BCUT2D eigenvalue weighted by Gasteiger charge is -2.23. The molecule has 1 aromatic heterocycles. The minimum absolute atomic E-state index is 0.0344. The topological polar surface area (TPSA) is 120 Å². The van der Waals surface area contributed by atoms with Gasteiger partial charge in [-0.25, -0.2) is 13.2 Å². The van der Waals surface area contributed by atoms with E-state index in [0.29, 0.717) is 22.6 Å². The van der Waals surface area contributed by atoms with Crippen LogP contribution in [0, 0.1) is 17.5 Å². The molecule has 0 atom stereocenters. The highest BCUT2D eigenvalue weighted by Crippen LogP contribution is 2.39. The Balaban J connectivity index is 1.48. The first-order chi connectivity index (χ1) is 19.1. The number of halogens is 3. The number of hydrogen-bond donors (Lipinski definition) is 2. The third-order valence-electron chi connectivity index (χ3n) is 6.38. The summed E-state index contributed by atoms with van der Waals surface area (Å²) >= 11 is 0. The standard InChI is InChI=1S/C28H22F3N5O4/c1-35-26-18-11-17(29)7-9-23(18)40-14-19(26)25(34-35)28(39)36(12-16-4-2-3-5-20(16)30)13-24(37)33-22-10-15(27(32)38)6-8-21(22)31/h2-11H,12-14H2,1H3,(H2,32,38)(H,33,37). The highest BCUT2D eigenvalue weighted by atomic mass is 19.1. The van der Waals surface area contributed by atoms with E-state index in [4.69, 9.17) is 10.5 Å². The molecule has 4 aromatic rings. The first-order valence-corrected chi connectivity index (χ1v) is 12.0. The lowest BCUT2D eigenvalue weighted by atomic mass is 10.0. The molecule has 204 valence electrons. The van der Waals surface area contributed by atoms with Gasteiger partial charge in [0.2, 0.25) is 11.8 Å². The number of aryl methyl sites for hydroxylation is 1. The fourth-order valence-corrected chi connectivity index (χ4v) is 4.50. The number of fused-ring (bicyclic) bond motifs is 3. The fourth-order valence-electron chi connectivity index (χ4n) is 4.50. The van der Waals surface area contributed by atoms with Crippen molar-refractivity contribution in [3.8, 4) is 17.0 Å². The van der Waals surface area contributed by atoms with E-state index in [1.54, 1.807) is 13.1 Å². The molecule has 2 heterocycles. The monoisotopic (exact) mass is 549 g/mol. The van der Waals surface area contributed by atoms with Crippen molar-refractivity contribution in [2.24, 2.45) is 12.8 Å². The molecule has 5 rings (SSSR count). The first-order valence-electron chi connectivity index (χ1n) is 12.0. The molecule has 0 saturated heterocycles. The van der Waals surface area contributed by atoms with Crippen LogP contribution < -0.4 is 15.8 Å². The van der Waals surface area contributed by atoms with Gasteiger partial charge in [0.25, 0.3) is 5.91 Å². The Bertz CT molecular complexity index is 1670. The van der Waals surface area contributed by atoms with Crippen LogP contribution in [0.15, 0.2) is 60.7 Å². The number of benzene rings is 3. The summed E-state index contributed by atoms with van der Waals surface area (Å²) in [6.07, 6.45) is 0. The van der Waals surface area contributed by atoms with Crippen LogP contribution in [0.1, 0.15) is 32.0 Å². The lowest BCUT2D eigenvalue weighted by molar-refractivity contribution is -0.117. The van der Waals surface area contributed by atoms with Crippen molar-refractivity contribution in [3.63, 3.8) is 0 Å². The maximum Gasteiger partial charge on any atom is 0.275 e. The summed E-state index contributed by atoms with van der Waals surface area (Å²) in [4.78, 5) is 39.3. The number of nitrogens with two attached hydrogens (primary N) is 1. The zero-order valence-electron chi connectivity index (χ0n) is 21.1. The van der Waals surface area contributed by atoms with E-state index in [2.05, 4.69) is 10.4 Å². The Hall–Kier alpha value is -5.13. The quantitative estimate of drug-likeness (QED) is 0.364. The Labute approximate surface area is 226 Å². The molecule has 3 aromatic carbocycles. The van der Waals surface area contributed by atoms with E-state index in [1.165, 1.54) is 41.1 Å². The summed E-state index contributed by atoms with van der Waals surface area (Å²) in [5.74, 6) is -3.89. The Kier molecular flexibility index (Phi) is 6.99. The molecule has 3 amide bonds. The summed E-state index contributed by atoms with van der Waals surface area (Å²) in [5, 5.41) is 6.66. The van der Waals surface area contributed by atoms with Gasteiger partial charge in [-0.3, -0.25) is 19.1 Å². The number of amides is 3. The van der Waals surface area contributed by atoms with Crippen molar-refractivity contribution < 1.29 is 32.3 Å². The van der Waals surface area contributed by atoms with Gasteiger partial charge in [0.05, 0.1) is 11.4 Å². The van der Waals surface area contributed by atoms with E-state index in [9.17, 15) is 27.6 Å². The van der Waals surface area contributed by atoms with E-state index < -0.39 is 41.7 Å². The molecule has 0 spiro atoms. The maximum atomic E-state index is 14.5. The van der Waals surface area contributed by atoms with Crippen molar-refractivity contribution in [3.05, 3.63) is 100 Å². The molecule has 0 bridgehead atoms. The summed E-state index contributed by atoms with van der Waals surface area (Å²) in [5.41, 5.74) is 6.17. The number of carbonyl (C=O) groups is 3. The predicted octanol–water partition coefficient (Wildman–Crippen LogP) is 3.78. The average Bonchev–Trinajstić information content (AvgIpc) is 3.26. The number of aromatic nitrogens is 2. The number of carbonyl (C=O) groups excluding carboxylic acids is 3. The number of ether oxygens (including phenoxy) is 1. The molecule has 1 aliphatic heterocycles. The van der Waals surface area contributed by atoms with Crippen LogP contribution in [0.4, 0.5) is 18.9 Å². The van der Waals surface area contributed by atoms with Gasteiger partial charge in [-0.1, -0.05) is 18.2 Å². The minimum atomic E-state index is -0.827. The van der Waals surface area contributed by atoms with Crippen LogP contribution in [-0.4, -0.2) is 38.9 Å². The second kappa shape index (κ2) is 10.6. The van der Waals surface area contributed by atoms with E-state index in [-0.39, 0.29) is 35.7 Å². The maximum absolute atomic E-state index is 14.5. The molecule has 9 nitrogen and oxygen atoms in total. The zero-order chi connectivity index (χ0) is 28.6. The molecule has 3 N–H and O–H groups in total. The molecule has 1 aliphatic rings. The van der Waals surface area contributed by atoms with Gasteiger partial charge in [0, 0.05) is 35.8 Å². The minimum Gasteiger partial charge on any atom is -0.488 e. The third-order valence-corrected chi connectivity index (χ3v) is 6.38. The number of primary amides is 1. The second-order valence-electron chi connectivity index (χ2n) is 9.09. The number of hydrogen-bond acceptors (Lipinski definition) is 5. The highest BCUT2D eigenvalue weighted by Gasteiger charge is 2.32. The molecule has 0 radical (unpaired) electrons. The molecule has 0 saturated carbocycles. The van der Waals surface area contributed by atoms with Crippen LogP contribution in [-0.2, 0) is 25.0 Å². The predicted molar refractivity (Wildman–Crippen MR) is 138 cm³/mol. The largest absolute Gasteiger partial charge is 0.488 e. The van der Waals surface area contributed by atoms with Gasteiger partial charge in [-0.05, 0) is 42.5 Å². The Morgan fingerprint density at radius 1 is 1.05 bits per heavy atom. The number of anilines is 1. The van der Waals surface area contributed by atoms with Gasteiger partial charge in [0.1, 0.15) is 36.4 Å². The van der Waals surface area contributed by atoms with Gasteiger partial charge >= 0.3 is 0 Å². The Morgan fingerprint density at radius 3 is 2.58 bits per heavy atom. The number of nitrogens with zero attached hydrogens (tertiary/aromatic N) is 3. The van der Waals surface area contributed by atoms with Gasteiger partial charge in [0.15, 0.2) is 5.69 Å². The normalized spacial score (nSPS) is 11.7. The highest BCUT2D eigenvalue weighted by molar-refractivity contribution is 6.01. The second-order valence-corrected chi connectivity index (χ2v) is 9.09. The molecule has 12 heteroatoms. The summed E-state index contributed by atoms with van der Waals surface area (Å²) in [7, 11) is 1.58. The van der Waals surface area contributed by atoms with Crippen LogP contribution in [0.2, 0.25) is 0 Å². The van der Waals surface area contributed by atoms with Gasteiger partial charge in [-0.15, -0.1) is 0 Å². The zero-order valence-corrected chi connectivity index (χ0v) is 21.1. The summed E-state index contributed by atoms with van der Waals surface area (Å²) < 4.78 is 50.0. The average molecular weight is 550 g/mol. The van der Waals surface area contributed by atoms with Crippen molar-refractivity contribution >= 4 is 23.4 Å². The number of rotatable bonds is 7. The van der Waals surface area contributed by atoms with Crippen molar-refractivity contribution in [1.82, 2.24) is 14.7 Å². The summed E-state index contributed by atoms with van der Waals surface area (Å²) in [6.45, 7) is -0.987. The molecular formula is C28H22F3N5O4. The van der Waals surface area contributed by atoms with E-state index in [1.807, 2.05) is 0 Å². The van der Waals surface area contributed by atoms with E-state index >= 15 is 0 Å². The van der Waals surface area contributed by atoms with E-state index in [0.717, 1.165) is 23.1 Å². The smallest absolute Gasteiger partial charge is 0.275 e.